The monoisotopic (exact) mass is 388 g/mol. The number of benzene rings is 2. The highest BCUT2D eigenvalue weighted by Gasteiger charge is 2.19. The van der Waals surface area contributed by atoms with Crippen molar-refractivity contribution in [3.05, 3.63) is 57.9 Å². The molecule has 0 spiro atoms. The average molecular weight is 388 g/mol. The highest BCUT2D eigenvalue weighted by molar-refractivity contribution is 7.16. The molecule has 0 aliphatic carbocycles. The summed E-state index contributed by atoms with van der Waals surface area (Å²) in [4.78, 5) is 24.7. The fourth-order valence-electron chi connectivity index (χ4n) is 2.83. The first-order valence-corrected chi connectivity index (χ1v) is 9.59. The van der Waals surface area contributed by atoms with Crippen LogP contribution in [0.15, 0.2) is 47.3 Å². The summed E-state index contributed by atoms with van der Waals surface area (Å²) in [5, 5.41) is 2.83. The molecule has 0 radical (unpaired) electrons. The first-order chi connectivity index (χ1) is 12.9. The smallest absolute Gasteiger partial charge is 0.308 e. The van der Waals surface area contributed by atoms with Crippen LogP contribution in [0.4, 0.5) is 10.1 Å². The van der Waals surface area contributed by atoms with Gasteiger partial charge in [-0.25, -0.2) is 4.39 Å². The highest BCUT2D eigenvalue weighted by Crippen LogP contribution is 2.24. The zero-order valence-electron chi connectivity index (χ0n) is 15.4. The summed E-state index contributed by atoms with van der Waals surface area (Å²) in [5.74, 6) is -0.224. The molecular formula is C20H21FN2O3S. The first-order valence-electron chi connectivity index (χ1n) is 8.77. The van der Waals surface area contributed by atoms with Gasteiger partial charge >= 0.3 is 4.87 Å². The summed E-state index contributed by atoms with van der Waals surface area (Å²) in [6, 6.07) is 11.0. The maximum atomic E-state index is 13.0. The Morgan fingerprint density at radius 2 is 1.93 bits per heavy atom. The Labute approximate surface area is 160 Å². The quantitative estimate of drug-likeness (QED) is 0.672. The molecule has 0 saturated heterocycles. The molecule has 7 heteroatoms. The van der Waals surface area contributed by atoms with E-state index < -0.39 is 6.10 Å². The van der Waals surface area contributed by atoms with Crippen molar-refractivity contribution in [1.29, 1.82) is 0 Å². The molecule has 1 heterocycles. The average Bonchev–Trinajstić information content (AvgIpc) is 2.96. The van der Waals surface area contributed by atoms with Crippen LogP contribution in [0.2, 0.25) is 0 Å². The van der Waals surface area contributed by atoms with E-state index in [9.17, 15) is 14.0 Å². The molecule has 3 rings (SSSR count). The molecule has 1 atom stereocenters. The molecule has 1 amide bonds. The Bertz CT molecular complexity index is 1010. The number of ether oxygens (including phenoxy) is 1. The van der Waals surface area contributed by atoms with E-state index in [0.29, 0.717) is 17.9 Å². The van der Waals surface area contributed by atoms with Gasteiger partial charge < -0.3 is 10.1 Å². The minimum Gasteiger partial charge on any atom is -0.481 e. The van der Waals surface area contributed by atoms with Crippen LogP contribution in [-0.4, -0.2) is 16.6 Å². The van der Waals surface area contributed by atoms with Gasteiger partial charge in [-0.05, 0) is 62.7 Å². The van der Waals surface area contributed by atoms with Gasteiger partial charge in [0.2, 0.25) is 0 Å². The molecule has 1 N–H and O–H groups in total. The van der Waals surface area contributed by atoms with Gasteiger partial charge in [-0.3, -0.25) is 14.2 Å². The largest absolute Gasteiger partial charge is 0.481 e. The molecule has 0 unspecified atom stereocenters. The molecule has 1 aromatic heterocycles. The van der Waals surface area contributed by atoms with Gasteiger partial charge in [0.05, 0.1) is 10.2 Å². The number of hydrogen-bond acceptors (Lipinski definition) is 4. The Kier molecular flexibility index (Phi) is 5.60. The zero-order valence-corrected chi connectivity index (χ0v) is 16.2. The first kappa shape index (κ1) is 19.1. The molecule has 5 nitrogen and oxygen atoms in total. The van der Waals surface area contributed by atoms with E-state index in [2.05, 4.69) is 5.32 Å². The number of nitrogens with zero attached hydrogens (tertiary/aromatic N) is 1. The normalized spacial score (nSPS) is 12.3. The Balaban J connectivity index is 1.77. The van der Waals surface area contributed by atoms with Crippen molar-refractivity contribution in [2.24, 2.45) is 0 Å². The summed E-state index contributed by atoms with van der Waals surface area (Å²) in [7, 11) is 0. The summed E-state index contributed by atoms with van der Waals surface area (Å²) >= 11 is 1.16. The van der Waals surface area contributed by atoms with E-state index >= 15 is 0 Å². The van der Waals surface area contributed by atoms with Crippen molar-refractivity contribution < 1.29 is 13.9 Å². The lowest BCUT2D eigenvalue weighted by molar-refractivity contribution is -0.122. The number of nitrogens with one attached hydrogen (secondary N) is 1. The molecule has 0 fully saturated rings. The second-order valence-electron chi connectivity index (χ2n) is 6.47. The Hall–Kier alpha value is -2.67. The van der Waals surface area contributed by atoms with Crippen LogP contribution in [0.5, 0.6) is 5.75 Å². The van der Waals surface area contributed by atoms with Gasteiger partial charge in [-0.1, -0.05) is 18.3 Å². The summed E-state index contributed by atoms with van der Waals surface area (Å²) in [6.07, 6.45) is -0.243. The number of amides is 1. The second kappa shape index (κ2) is 7.92. The van der Waals surface area contributed by atoms with Crippen LogP contribution in [0.25, 0.3) is 10.2 Å². The van der Waals surface area contributed by atoms with E-state index in [-0.39, 0.29) is 22.6 Å². The number of aromatic nitrogens is 1. The number of halogens is 1. The third kappa shape index (κ3) is 4.19. The Morgan fingerprint density at radius 3 is 2.56 bits per heavy atom. The summed E-state index contributed by atoms with van der Waals surface area (Å²) in [6.45, 7) is 5.76. The number of carbonyl (C=O) groups is 1. The maximum absolute atomic E-state index is 13.0. The minimum absolute atomic E-state index is 0.0189. The number of rotatable bonds is 6. The highest BCUT2D eigenvalue weighted by atomic mass is 32.1. The van der Waals surface area contributed by atoms with Crippen molar-refractivity contribution in [2.75, 3.05) is 5.32 Å². The van der Waals surface area contributed by atoms with Gasteiger partial charge in [0.1, 0.15) is 11.6 Å². The minimum atomic E-state index is -0.704. The van der Waals surface area contributed by atoms with Gasteiger partial charge in [-0.15, -0.1) is 0 Å². The molecule has 3 aromatic rings. The molecule has 27 heavy (non-hydrogen) atoms. The van der Waals surface area contributed by atoms with Crippen LogP contribution < -0.4 is 14.9 Å². The molecule has 0 bridgehead atoms. The van der Waals surface area contributed by atoms with E-state index in [1.54, 1.807) is 16.7 Å². The SMILES string of the molecule is CC[C@@H](Oc1ccc(F)cc1)C(=O)Nc1ccc2c(c1)sc(=O)n2C(C)C. The molecule has 0 aliphatic heterocycles. The third-order valence-corrected chi connectivity index (χ3v) is 5.07. The molecule has 0 aliphatic rings. The number of thiazole rings is 1. The predicted molar refractivity (Wildman–Crippen MR) is 106 cm³/mol. The number of hydrogen-bond donors (Lipinski definition) is 1. The Morgan fingerprint density at radius 1 is 1.22 bits per heavy atom. The lowest BCUT2D eigenvalue weighted by atomic mass is 10.2. The van der Waals surface area contributed by atoms with E-state index in [4.69, 9.17) is 4.74 Å². The molecule has 142 valence electrons. The van der Waals surface area contributed by atoms with Crippen LogP contribution in [0.1, 0.15) is 33.2 Å². The molecule has 0 saturated carbocycles. The maximum Gasteiger partial charge on any atom is 0.308 e. The van der Waals surface area contributed by atoms with Crippen molar-refractivity contribution in [3.63, 3.8) is 0 Å². The van der Waals surface area contributed by atoms with Gasteiger partial charge in [0.25, 0.3) is 5.91 Å². The summed E-state index contributed by atoms with van der Waals surface area (Å²) in [5.41, 5.74) is 1.46. The number of carbonyl (C=O) groups excluding carboxylic acids is 1. The van der Waals surface area contributed by atoms with Crippen LogP contribution in [-0.2, 0) is 4.79 Å². The van der Waals surface area contributed by atoms with E-state index in [0.717, 1.165) is 21.6 Å². The van der Waals surface area contributed by atoms with Crippen LogP contribution in [0, 0.1) is 5.82 Å². The fourth-order valence-corrected chi connectivity index (χ4v) is 3.88. The van der Waals surface area contributed by atoms with Gasteiger partial charge in [0.15, 0.2) is 6.10 Å². The molecule has 2 aromatic carbocycles. The van der Waals surface area contributed by atoms with E-state index in [1.807, 2.05) is 26.8 Å². The third-order valence-electron chi connectivity index (χ3n) is 4.15. The standard InChI is InChI=1S/C20H21FN2O3S/c1-4-17(26-15-8-5-13(21)6-9-15)19(24)22-14-7-10-16-18(11-14)27-20(25)23(16)12(2)3/h5-12,17H,4H2,1-3H3,(H,22,24)/t17-/m1/s1. The second-order valence-corrected chi connectivity index (χ2v) is 7.47. The molecular weight excluding hydrogens is 367 g/mol. The van der Waals surface area contributed by atoms with Crippen LogP contribution in [0.3, 0.4) is 0 Å². The van der Waals surface area contributed by atoms with Gasteiger partial charge in [-0.2, -0.15) is 0 Å². The zero-order chi connectivity index (χ0) is 19.6. The summed E-state index contributed by atoms with van der Waals surface area (Å²) < 4.78 is 21.2. The van der Waals surface area contributed by atoms with Crippen molar-refractivity contribution >= 4 is 33.1 Å². The van der Waals surface area contributed by atoms with Crippen molar-refractivity contribution in [2.45, 2.75) is 39.3 Å². The number of anilines is 1. The predicted octanol–water partition coefficient (Wildman–Crippen LogP) is 4.58. The van der Waals surface area contributed by atoms with E-state index in [1.165, 1.54) is 24.3 Å². The number of fused-ring (bicyclic) bond motifs is 1. The van der Waals surface area contributed by atoms with Gasteiger partial charge in [0, 0.05) is 11.7 Å². The van der Waals surface area contributed by atoms with Crippen LogP contribution >= 0.6 is 11.3 Å². The topological polar surface area (TPSA) is 60.3 Å². The fraction of sp³-hybridized carbons (Fsp3) is 0.300. The lowest BCUT2D eigenvalue weighted by Crippen LogP contribution is -2.32. The van der Waals surface area contributed by atoms with Crippen molar-refractivity contribution in [1.82, 2.24) is 4.57 Å². The van der Waals surface area contributed by atoms with Crippen molar-refractivity contribution in [3.8, 4) is 5.75 Å². The lowest BCUT2D eigenvalue weighted by Gasteiger charge is -2.17.